The maximum atomic E-state index is 13.2. The number of alkyl halides is 3. The van der Waals surface area contributed by atoms with Gasteiger partial charge in [-0.25, -0.2) is 53.9 Å². The van der Waals surface area contributed by atoms with Crippen molar-refractivity contribution in [3.63, 3.8) is 0 Å². The summed E-state index contributed by atoms with van der Waals surface area (Å²) in [6, 6.07) is 24.8. The van der Waals surface area contributed by atoms with E-state index in [2.05, 4.69) is 75.8 Å². The Morgan fingerprint density at radius 2 is 0.685 bits per heavy atom. The molecule has 4 aromatic carbocycles. The predicted molar refractivity (Wildman–Crippen MR) is 466 cm³/mol. The van der Waals surface area contributed by atoms with Gasteiger partial charge in [0.25, 0.3) is 0 Å². The van der Waals surface area contributed by atoms with E-state index in [0.717, 1.165) is 61.8 Å². The Labute approximate surface area is 736 Å². The quantitative estimate of drug-likeness (QED) is 0.0546. The van der Waals surface area contributed by atoms with Crippen LogP contribution in [-0.2, 0) is 97.4 Å². The third-order valence-electron chi connectivity index (χ3n) is 22.8. The molecule has 16 aromatic rings. The van der Waals surface area contributed by atoms with E-state index in [9.17, 15) is 33.6 Å². The molecule has 0 aliphatic rings. The van der Waals surface area contributed by atoms with Crippen LogP contribution in [0.3, 0.4) is 0 Å². The van der Waals surface area contributed by atoms with Crippen LogP contribution in [0.2, 0.25) is 25.4 Å². The van der Waals surface area contributed by atoms with Gasteiger partial charge in [0, 0.05) is 110 Å². The van der Waals surface area contributed by atoms with E-state index in [1.54, 1.807) is 113 Å². The highest BCUT2D eigenvalue weighted by Crippen LogP contribution is 2.47. The molecule has 0 saturated heterocycles. The summed E-state index contributed by atoms with van der Waals surface area (Å²) in [5.41, 5.74) is 6.03. The lowest BCUT2D eigenvalue weighted by molar-refractivity contribution is -0.127. The van der Waals surface area contributed by atoms with Gasteiger partial charge in [0.05, 0.1) is 137 Å². The van der Waals surface area contributed by atoms with Gasteiger partial charge in [-0.15, -0.1) is 15.3 Å². The van der Waals surface area contributed by atoms with Gasteiger partial charge in [-0.05, 0) is 138 Å². The maximum absolute atomic E-state index is 13.2. The minimum Gasteiger partial charge on any atom is -0.496 e. The van der Waals surface area contributed by atoms with Crippen LogP contribution in [-0.4, -0.2) is 156 Å². The second-order valence-electron chi connectivity index (χ2n) is 29.9. The maximum Gasteiger partial charge on any atom is 0.393 e. The number of aryl methyl sites for hydroxylation is 9. The molecular formula is C87H90Cl5F3N22O7. The first-order chi connectivity index (χ1) is 58.8. The summed E-state index contributed by atoms with van der Waals surface area (Å²) in [6.07, 6.45) is 7.44. The Morgan fingerprint density at radius 3 is 1.02 bits per heavy atom. The lowest BCUT2D eigenvalue weighted by Crippen LogP contribution is -2.33. The van der Waals surface area contributed by atoms with Gasteiger partial charge in [-0.1, -0.05) is 125 Å². The van der Waals surface area contributed by atoms with Crippen LogP contribution in [0.15, 0.2) is 128 Å². The summed E-state index contributed by atoms with van der Waals surface area (Å²) in [6.45, 7) is 17.1. The van der Waals surface area contributed by atoms with Crippen molar-refractivity contribution in [1.82, 2.24) is 108 Å². The van der Waals surface area contributed by atoms with Crippen LogP contribution in [0.4, 0.5) is 13.2 Å². The first kappa shape index (κ1) is 90.1. The van der Waals surface area contributed by atoms with E-state index in [4.69, 9.17) is 72.2 Å². The highest BCUT2D eigenvalue weighted by Gasteiger charge is 2.45. The van der Waals surface area contributed by atoms with Crippen molar-refractivity contribution >= 4 is 102 Å². The Morgan fingerprint density at radius 1 is 0.363 bits per heavy atom. The highest BCUT2D eigenvalue weighted by atomic mass is 35.5. The summed E-state index contributed by atoms with van der Waals surface area (Å²) < 4.78 is 67.9. The third-order valence-corrected chi connectivity index (χ3v) is 24.8. The fourth-order valence-corrected chi connectivity index (χ4v) is 17.4. The fourth-order valence-electron chi connectivity index (χ4n) is 15.7. The number of imidazole rings is 4. The number of hydrogen-bond donors (Lipinski definition) is 4. The monoisotopic (exact) mass is 1790 g/mol. The number of fused-ring (bicyclic) bond motifs is 4. The van der Waals surface area contributed by atoms with Crippen molar-refractivity contribution in [2.75, 3.05) is 21.3 Å². The zero-order valence-electron chi connectivity index (χ0n) is 71.3. The molecule has 12 aromatic heterocycles. The zero-order valence-corrected chi connectivity index (χ0v) is 75.1. The van der Waals surface area contributed by atoms with E-state index >= 15 is 0 Å². The molecule has 0 saturated carbocycles. The molecule has 0 spiro atoms. The molecule has 12 heterocycles. The van der Waals surface area contributed by atoms with E-state index in [1.807, 2.05) is 156 Å². The van der Waals surface area contributed by atoms with Gasteiger partial charge in [0.15, 0.2) is 22.4 Å². The second kappa shape index (κ2) is 35.2. The van der Waals surface area contributed by atoms with E-state index in [0.29, 0.717) is 147 Å². The molecular weight excluding hydrogens is 1700 g/mol. The van der Waals surface area contributed by atoms with Crippen LogP contribution in [0, 0.1) is 41.5 Å². The average molecular weight is 1790 g/mol. The van der Waals surface area contributed by atoms with E-state index in [-0.39, 0.29) is 21.9 Å². The lowest BCUT2D eigenvalue weighted by Gasteiger charge is -2.30. The number of benzene rings is 4. The lowest BCUT2D eigenvalue weighted by atomic mass is 9.82. The van der Waals surface area contributed by atoms with E-state index < -0.39 is 35.0 Å². The average Bonchev–Trinajstić information content (AvgIpc) is 1.46. The number of aliphatic hydroxyl groups is 4. The van der Waals surface area contributed by atoms with Crippen molar-refractivity contribution in [2.45, 2.75) is 117 Å². The molecule has 37 heteroatoms. The number of methoxy groups -OCH3 is 3. The number of rotatable bonds is 19. The normalized spacial score (nSPS) is 13.3. The van der Waals surface area contributed by atoms with Crippen LogP contribution >= 0.6 is 58.0 Å². The van der Waals surface area contributed by atoms with Gasteiger partial charge in [-0.2, -0.15) is 13.2 Å². The number of halogens is 8. The molecule has 0 aliphatic carbocycles. The molecule has 0 aliphatic heterocycles. The topological polar surface area (TPSA) is 336 Å². The Hall–Kier alpha value is -11.6. The molecule has 0 fully saturated rings. The number of aromatic nitrogens is 22. The second-order valence-corrected chi connectivity index (χ2v) is 31.7. The smallest absolute Gasteiger partial charge is 0.393 e. The zero-order chi connectivity index (χ0) is 89.9. The number of pyridine rings is 5. The van der Waals surface area contributed by atoms with Crippen molar-refractivity contribution in [3.8, 4) is 17.5 Å². The first-order valence-corrected chi connectivity index (χ1v) is 40.9. The third kappa shape index (κ3) is 15.9. The summed E-state index contributed by atoms with van der Waals surface area (Å²) in [7, 11) is 17.0. The molecule has 0 radical (unpaired) electrons. The molecule has 16 rings (SSSR count). The molecule has 0 amide bonds. The molecule has 3 atom stereocenters. The van der Waals surface area contributed by atoms with Crippen LogP contribution in [0.5, 0.6) is 17.5 Å². The predicted octanol–water partition coefficient (Wildman–Crippen LogP) is 14.7. The fraction of sp³-hybridized carbons (Fsp3) is 0.322. The summed E-state index contributed by atoms with van der Waals surface area (Å²) in [4.78, 5) is 39.8. The summed E-state index contributed by atoms with van der Waals surface area (Å²) >= 11 is 32.6. The standard InChI is InChI=1S/C23H21ClF3N5O2.C22H23Cl2N5O.2C21H23ClN6O2/c1-12-5-7-17(13(2)29-12)23(33,19-11-28-31-32(19)3)14-6-8-18-15(9-14)20(24)16(10-22(25,26)27)21(30-18)34-4;1-6-15-20(23)16-9-14(7-8-17(16)27-21(15)24)22(30,18-10-25-12(2)28(18)4)19-11-26-13(3)29(19)5;1-6-14-19(30-5)15-9-13(7-8-16(15)25-20(14)22)21(29,18-11-24-26-28(18)4)17-10-23-12(2)27(17)3;1-6-14-19(22)15-9-13(7-8-16(15)25-20(14)30-5)21(29,18-11-24-26-28(18)4)17-10-23-12(2)27(17)3/h5-9,11,33H,10H2,1-4H3;7-11,30H,6H2,1-5H3;2*7-11,29H,6H2,1-5H3. The van der Waals surface area contributed by atoms with Crippen molar-refractivity contribution in [1.29, 1.82) is 0 Å². The van der Waals surface area contributed by atoms with Gasteiger partial charge >= 0.3 is 6.18 Å². The van der Waals surface area contributed by atoms with Crippen molar-refractivity contribution in [2.24, 2.45) is 49.3 Å². The van der Waals surface area contributed by atoms with Crippen LogP contribution in [0.25, 0.3) is 43.6 Å². The Balaban J connectivity index is 0.000000142. The van der Waals surface area contributed by atoms with Crippen LogP contribution in [0.1, 0.15) is 145 Å². The number of nitrogens with zero attached hydrogens (tertiary/aromatic N) is 22. The van der Waals surface area contributed by atoms with Crippen molar-refractivity contribution in [3.05, 3.63) is 278 Å². The Kier molecular flexibility index (Phi) is 25.6. The SMILES string of the molecule is CCc1c(Cl)nc2ccc(C(O)(c3cnc(C)n3C)c3cnc(C)n3C)cc2c1Cl.CCc1c(Cl)nc2ccc(C(O)(c3cnnn3C)c3cnc(C)n3C)cc2c1OC.CCc1c(OC)nc2ccc(C(O)(c3cnnn3C)c3cnc(C)n3C)cc2c1Cl.COc1nc2ccc(C(O)(c3ccc(C)nc3C)c3cnnn3C)cc2c(Cl)c1CC(F)(F)F. The largest absolute Gasteiger partial charge is 0.496 e. The minimum atomic E-state index is -4.52. The van der Waals surface area contributed by atoms with Gasteiger partial charge in [0.1, 0.15) is 50.7 Å². The Bertz CT molecular complexity index is 6700. The van der Waals surface area contributed by atoms with Crippen molar-refractivity contribution < 1.29 is 47.8 Å². The first-order valence-electron chi connectivity index (χ1n) is 39.0. The number of ether oxygens (including phenoxy) is 3. The molecule has 646 valence electrons. The van der Waals surface area contributed by atoms with Gasteiger partial charge in [-0.3, -0.25) is 4.98 Å². The van der Waals surface area contributed by atoms with Gasteiger partial charge in [0.2, 0.25) is 11.8 Å². The molecule has 124 heavy (non-hydrogen) atoms. The molecule has 29 nitrogen and oxygen atoms in total. The minimum absolute atomic E-state index is 0.148. The highest BCUT2D eigenvalue weighted by molar-refractivity contribution is 6.39. The van der Waals surface area contributed by atoms with Gasteiger partial charge < -0.3 is 52.9 Å². The van der Waals surface area contributed by atoms with E-state index in [1.165, 1.54) is 24.1 Å². The molecule has 0 bridgehead atoms. The summed E-state index contributed by atoms with van der Waals surface area (Å²) in [5, 5.41) is 76.8. The van der Waals surface area contributed by atoms with Crippen LogP contribution < -0.4 is 14.2 Å². The molecule has 4 N–H and O–H groups in total. The summed E-state index contributed by atoms with van der Waals surface area (Å²) in [5.74, 6) is 4.10. The number of hydrogen-bond acceptors (Lipinski definition) is 22. The molecule has 3 unspecified atom stereocenters.